The zero-order chi connectivity index (χ0) is 16.8. The third-order valence-electron chi connectivity index (χ3n) is 3.49. The molecule has 0 fully saturated rings. The molecule has 0 unspecified atom stereocenters. The summed E-state index contributed by atoms with van der Waals surface area (Å²) in [6, 6.07) is 11.3. The van der Waals surface area contributed by atoms with Gasteiger partial charge >= 0.3 is 0 Å². The lowest BCUT2D eigenvalue weighted by Gasteiger charge is -2.02. The highest BCUT2D eigenvalue weighted by Crippen LogP contribution is 2.13. The van der Waals surface area contributed by atoms with Gasteiger partial charge in [-0.05, 0) is 36.2 Å². The van der Waals surface area contributed by atoms with Crippen molar-refractivity contribution >= 4 is 11.9 Å². The number of hydrogen-bond acceptors (Lipinski definition) is 5. The predicted molar refractivity (Wildman–Crippen MR) is 89.0 cm³/mol. The SMILES string of the molecule is COc1ccc(CCc2nc(NC(=O)c3cccnc3)n[nH]2)cc1. The number of anilines is 1. The second-order valence-electron chi connectivity index (χ2n) is 5.15. The van der Waals surface area contributed by atoms with Gasteiger partial charge in [0, 0.05) is 18.8 Å². The smallest absolute Gasteiger partial charge is 0.259 e. The fraction of sp³-hybridized carbons (Fsp3) is 0.176. The number of nitrogens with zero attached hydrogens (tertiary/aromatic N) is 3. The number of ether oxygens (including phenoxy) is 1. The maximum absolute atomic E-state index is 12.0. The molecule has 7 heteroatoms. The van der Waals surface area contributed by atoms with E-state index in [2.05, 4.69) is 25.5 Å². The maximum atomic E-state index is 12.0. The van der Waals surface area contributed by atoms with Gasteiger partial charge in [0.05, 0.1) is 12.7 Å². The molecule has 0 spiro atoms. The summed E-state index contributed by atoms with van der Waals surface area (Å²) in [5.74, 6) is 1.52. The Labute approximate surface area is 139 Å². The number of aryl methyl sites for hydroxylation is 2. The van der Waals surface area contributed by atoms with Crippen molar-refractivity contribution in [2.24, 2.45) is 0 Å². The molecule has 3 rings (SSSR count). The molecule has 0 saturated carbocycles. The van der Waals surface area contributed by atoms with Crippen molar-refractivity contribution in [1.29, 1.82) is 0 Å². The van der Waals surface area contributed by atoms with Gasteiger partial charge in [-0.1, -0.05) is 12.1 Å². The average Bonchev–Trinajstić information content (AvgIpc) is 3.08. The highest BCUT2D eigenvalue weighted by atomic mass is 16.5. The number of amides is 1. The normalized spacial score (nSPS) is 10.4. The van der Waals surface area contributed by atoms with Crippen LogP contribution in [0.3, 0.4) is 0 Å². The first-order valence-corrected chi connectivity index (χ1v) is 7.50. The number of methoxy groups -OCH3 is 1. The lowest BCUT2D eigenvalue weighted by Crippen LogP contribution is -2.13. The van der Waals surface area contributed by atoms with Gasteiger partial charge in [-0.3, -0.25) is 20.2 Å². The van der Waals surface area contributed by atoms with E-state index in [-0.39, 0.29) is 11.9 Å². The summed E-state index contributed by atoms with van der Waals surface area (Å²) >= 11 is 0. The number of benzene rings is 1. The standard InChI is InChI=1S/C17H17N5O2/c1-24-14-7-4-12(5-8-14)6-9-15-19-17(22-21-15)20-16(23)13-3-2-10-18-11-13/h2-5,7-8,10-11H,6,9H2,1H3,(H2,19,20,21,22,23). The van der Waals surface area contributed by atoms with E-state index in [1.807, 2.05) is 24.3 Å². The second-order valence-corrected chi connectivity index (χ2v) is 5.15. The molecule has 0 saturated heterocycles. The Morgan fingerprint density at radius 2 is 2.04 bits per heavy atom. The van der Waals surface area contributed by atoms with Crippen molar-refractivity contribution in [3.05, 3.63) is 65.7 Å². The van der Waals surface area contributed by atoms with E-state index >= 15 is 0 Å². The van der Waals surface area contributed by atoms with Crippen LogP contribution in [0.2, 0.25) is 0 Å². The second kappa shape index (κ2) is 7.36. The van der Waals surface area contributed by atoms with Crippen molar-refractivity contribution in [2.75, 3.05) is 12.4 Å². The van der Waals surface area contributed by atoms with Crippen molar-refractivity contribution in [3.63, 3.8) is 0 Å². The Morgan fingerprint density at radius 1 is 1.21 bits per heavy atom. The van der Waals surface area contributed by atoms with Crippen molar-refractivity contribution in [1.82, 2.24) is 20.2 Å². The number of pyridine rings is 1. The monoisotopic (exact) mass is 323 g/mol. The molecule has 2 heterocycles. The summed E-state index contributed by atoms with van der Waals surface area (Å²) in [5.41, 5.74) is 1.63. The van der Waals surface area contributed by atoms with E-state index in [4.69, 9.17) is 4.74 Å². The molecule has 7 nitrogen and oxygen atoms in total. The molecule has 122 valence electrons. The van der Waals surface area contributed by atoms with E-state index < -0.39 is 0 Å². The molecule has 24 heavy (non-hydrogen) atoms. The maximum Gasteiger partial charge on any atom is 0.259 e. The van der Waals surface area contributed by atoms with Crippen LogP contribution in [0.5, 0.6) is 5.75 Å². The minimum absolute atomic E-state index is 0.258. The summed E-state index contributed by atoms with van der Waals surface area (Å²) in [6.07, 6.45) is 4.62. The van der Waals surface area contributed by atoms with E-state index in [1.54, 1.807) is 25.4 Å². The largest absolute Gasteiger partial charge is 0.497 e. The molecule has 2 N–H and O–H groups in total. The van der Waals surface area contributed by atoms with Crippen LogP contribution in [-0.2, 0) is 12.8 Å². The molecule has 0 radical (unpaired) electrons. The van der Waals surface area contributed by atoms with Gasteiger partial charge in [-0.15, -0.1) is 5.10 Å². The molecule has 1 aromatic carbocycles. The fourth-order valence-electron chi connectivity index (χ4n) is 2.19. The Hall–Kier alpha value is -3.22. The van der Waals surface area contributed by atoms with Crippen LogP contribution >= 0.6 is 0 Å². The van der Waals surface area contributed by atoms with Gasteiger partial charge in [0.1, 0.15) is 11.6 Å². The van der Waals surface area contributed by atoms with Crippen molar-refractivity contribution in [3.8, 4) is 5.75 Å². The number of H-pyrrole nitrogens is 1. The van der Waals surface area contributed by atoms with Crippen LogP contribution in [0, 0.1) is 0 Å². The van der Waals surface area contributed by atoms with Crippen LogP contribution in [0.1, 0.15) is 21.7 Å². The van der Waals surface area contributed by atoms with Gasteiger partial charge in [0.15, 0.2) is 0 Å². The van der Waals surface area contributed by atoms with E-state index in [1.165, 1.54) is 11.8 Å². The summed E-state index contributed by atoms with van der Waals surface area (Å²) in [7, 11) is 1.64. The molecule has 0 aliphatic carbocycles. The Bertz CT molecular complexity index is 799. The molecule has 2 aromatic heterocycles. The zero-order valence-corrected chi connectivity index (χ0v) is 13.2. The van der Waals surface area contributed by atoms with Gasteiger partial charge in [-0.25, -0.2) is 0 Å². The van der Waals surface area contributed by atoms with Crippen LogP contribution in [0.25, 0.3) is 0 Å². The minimum Gasteiger partial charge on any atom is -0.497 e. The topological polar surface area (TPSA) is 92.8 Å². The molecular formula is C17H17N5O2. The molecule has 1 amide bonds. The molecule has 0 atom stereocenters. The number of hydrogen-bond donors (Lipinski definition) is 2. The number of carbonyl (C=O) groups excluding carboxylic acids is 1. The summed E-state index contributed by atoms with van der Waals surface area (Å²) in [4.78, 5) is 20.2. The summed E-state index contributed by atoms with van der Waals surface area (Å²) < 4.78 is 5.14. The summed E-state index contributed by atoms with van der Waals surface area (Å²) in [5, 5.41) is 9.50. The Morgan fingerprint density at radius 3 is 2.75 bits per heavy atom. The minimum atomic E-state index is -0.288. The predicted octanol–water partition coefficient (Wildman–Crippen LogP) is 2.25. The quantitative estimate of drug-likeness (QED) is 0.726. The molecule has 0 aliphatic rings. The molecule has 0 aliphatic heterocycles. The van der Waals surface area contributed by atoms with Crippen molar-refractivity contribution in [2.45, 2.75) is 12.8 Å². The van der Waals surface area contributed by atoms with E-state index in [0.29, 0.717) is 17.8 Å². The Kier molecular flexibility index (Phi) is 4.81. The van der Waals surface area contributed by atoms with Gasteiger partial charge in [0.25, 0.3) is 5.91 Å². The van der Waals surface area contributed by atoms with Gasteiger partial charge in [-0.2, -0.15) is 4.98 Å². The third kappa shape index (κ3) is 3.95. The molecular weight excluding hydrogens is 306 g/mol. The van der Waals surface area contributed by atoms with Gasteiger partial charge in [0.2, 0.25) is 5.95 Å². The third-order valence-corrected chi connectivity index (χ3v) is 3.49. The first kappa shape index (κ1) is 15.7. The molecule has 0 bridgehead atoms. The number of carbonyl (C=O) groups is 1. The van der Waals surface area contributed by atoms with Crippen molar-refractivity contribution < 1.29 is 9.53 Å². The highest BCUT2D eigenvalue weighted by Gasteiger charge is 2.09. The van der Waals surface area contributed by atoms with Crippen LogP contribution in [0.4, 0.5) is 5.95 Å². The first-order valence-electron chi connectivity index (χ1n) is 7.50. The van der Waals surface area contributed by atoms with Crippen LogP contribution in [-0.4, -0.2) is 33.2 Å². The summed E-state index contributed by atoms with van der Waals surface area (Å²) in [6.45, 7) is 0. The van der Waals surface area contributed by atoms with Crippen LogP contribution < -0.4 is 10.1 Å². The van der Waals surface area contributed by atoms with Crippen LogP contribution in [0.15, 0.2) is 48.8 Å². The number of nitrogens with one attached hydrogen (secondary N) is 2. The number of rotatable bonds is 6. The lowest BCUT2D eigenvalue weighted by atomic mass is 10.1. The lowest BCUT2D eigenvalue weighted by molar-refractivity contribution is 0.102. The number of aromatic nitrogens is 4. The zero-order valence-electron chi connectivity index (χ0n) is 13.2. The van der Waals surface area contributed by atoms with Gasteiger partial charge < -0.3 is 4.74 Å². The first-order chi connectivity index (χ1) is 11.7. The Balaban J connectivity index is 1.56. The van der Waals surface area contributed by atoms with E-state index in [0.717, 1.165) is 12.2 Å². The average molecular weight is 323 g/mol. The highest BCUT2D eigenvalue weighted by molar-refractivity contribution is 6.02. The fourth-order valence-corrected chi connectivity index (χ4v) is 2.19. The molecule has 3 aromatic rings. The van der Waals surface area contributed by atoms with E-state index in [9.17, 15) is 4.79 Å². The number of aromatic amines is 1.